The van der Waals surface area contributed by atoms with E-state index < -0.39 is 0 Å². The molecule has 0 saturated heterocycles. The molecule has 3 N–H and O–H groups in total. The number of hydrogen-bond acceptors (Lipinski definition) is 16. The molecule has 0 radical (unpaired) electrons. The summed E-state index contributed by atoms with van der Waals surface area (Å²) in [5.41, 5.74) is 29.2. The molecule has 0 amide bonds. The number of nitrogens with two attached hydrogens (primary N) is 1. The zero-order valence-corrected chi connectivity index (χ0v) is 49.7. The number of pyridine rings is 1. The minimum atomic E-state index is -0.0284. The standard InChI is InChI=1S/C18H20N4.2C17H18N4.C16H17N3S/c1-22-12-18(21-17(22)19)8-7-16-13(10-18)4-2-6-15(16)14-5-3-9-20-11-14;1-12-20-17(10-21(12)2)6-13-4-3-5-15(16(13)7-17)14-8-18-11-19-9-14;1-21-10-17(20-12-21)6-5-13-3-2-4-15(16(13)7-17)14-8-18-11-19-9-14;1-11-17-9-16(19-11)6-5-12-3-2-4-13(14(12)7-16)15-8-20-10-18-15/h2-6,9,11H,7-8,10,12H2,1H3,(H2,19,21);3-5,8-9,11H,6-7,10H2,1-2H3;2-4,8-9,11-12H,5-7,10H2,1H3;2-4,8,10H,5-7,9H2,1H3,(H,17,19)/t18-;;;/m0.../s1. The molecule has 0 bridgehead atoms. The fraction of sp³-hybridized carbons (Fsp3) is 0.353. The number of guanidine groups is 1. The van der Waals surface area contributed by atoms with Gasteiger partial charge in [-0.3, -0.25) is 20.0 Å². The van der Waals surface area contributed by atoms with Crippen molar-refractivity contribution in [3.8, 4) is 44.6 Å². The number of likely N-dealkylation sites (N-methyl/N-ethyl adjacent to an activating group) is 3. The minimum Gasteiger partial charge on any atom is -0.370 e. The number of aliphatic imine (C=N–C) groups is 4. The normalized spacial score (nSPS) is 23.7. The summed E-state index contributed by atoms with van der Waals surface area (Å²) in [4.78, 5) is 51.0. The first kappa shape index (κ1) is 54.7. The van der Waals surface area contributed by atoms with E-state index in [1.165, 1.54) is 78.7 Å². The molecule has 16 rings (SSSR count). The molecule has 16 heteroatoms. The molecule has 0 fully saturated rings. The maximum atomic E-state index is 5.99. The highest BCUT2D eigenvalue weighted by Crippen LogP contribution is 2.43. The summed E-state index contributed by atoms with van der Waals surface area (Å²) in [7, 11) is 6.25. The highest BCUT2D eigenvalue weighted by molar-refractivity contribution is 7.07. The van der Waals surface area contributed by atoms with Gasteiger partial charge in [0, 0.05) is 125 Å². The highest BCUT2D eigenvalue weighted by atomic mass is 32.1. The molecule has 15 nitrogen and oxygen atoms in total. The second-order valence-corrected chi connectivity index (χ2v) is 25.2. The molecule has 426 valence electrons. The lowest BCUT2D eigenvalue weighted by molar-refractivity contribution is 0.335. The Kier molecular flexibility index (Phi) is 14.7. The van der Waals surface area contributed by atoms with Crippen molar-refractivity contribution in [3.05, 3.63) is 190 Å². The summed E-state index contributed by atoms with van der Waals surface area (Å²) in [6.45, 7) is 8.03. The van der Waals surface area contributed by atoms with E-state index in [1.54, 1.807) is 24.0 Å². The quantitative estimate of drug-likeness (QED) is 0.172. The van der Waals surface area contributed by atoms with E-state index in [9.17, 15) is 0 Å². The number of amidine groups is 2. The molecule has 8 aliphatic rings. The molecular formula is C68H73N15S. The van der Waals surface area contributed by atoms with Crippen LogP contribution in [0.2, 0.25) is 0 Å². The zero-order chi connectivity index (χ0) is 57.5. The molecular weight excluding hydrogens is 1060 g/mol. The third kappa shape index (κ3) is 11.0. The maximum absolute atomic E-state index is 5.99. The Labute approximate surface area is 497 Å². The van der Waals surface area contributed by atoms with Gasteiger partial charge in [0.2, 0.25) is 0 Å². The number of aryl methyl sites for hydroxylation is 2. The molecule has 4 aliphatic carbocycles. The molecule has 8 aromatic rings. The van der Waals surface area contributed by atoms with Gasteiger partial charge < -0.3 is 25.8 Å². The number of rotatable bonds is 4. The second-order valence-electron chi connectivity index (χ2n) is 24.5. The summed E-state index contributed by atoms with van der Waals surface area (Å²) in [6, 6.07) is 30.5. The topological polar surface area (TPSA) is 175 Å². The van der Waals surface area contributed by atoms with Crippen LogP contribution in [0.15, 0.2) is 166 Å². The lowest BCUT2D eigenvalue weighted by Gasteiger charge is -2.35. The minimum absolute atomic E-state index is 0.0284. The van der Waals surface area contributed by atoms with Gasteiger partial charge in [0.1, 0.15) is 12.7 Å². The Morgan fingerprint density at radius 3 is 1.70 bits per heavy atom. The molecule has 84 heavy (non-hydrogen) atoms. The molecule has 4 spiro atoms. The largest absolute Gasteiger partial charge is 0.370 e. The number of thiazole rings is 1. The van der Waals surface area contributed by atoms with Crippen LogP contribution in [-0.2, 0) is 51.4 Å². The lowest BCUT2D eigenvalue weighted by atomic mass is 9.76. The Morgan fingerprint density at radius 2 is 1.12 bits per heavy atom. The van der Waals surface area contributed by atoms with Crippen molar-refractivity contribution < 1.29 is 0 Å². The van der Waals surface area contributed by atoms with Crippen LogP contribution >= 0.6 is 11.3 Å². The van der Waals surface area contributed by atoms with E-state index in [0.717, 1.165) is 119 Å². The van der Waals surface area contributed by atoms with Crippen LogP contribution in [0.25, 0.3) is 44.6 Å². The van der Waals surface area contributed by atoms with Gasteiger partial charge >= 0.3 is 0 Å². The Bertz CT molecular complexity index is 3830. The molecule has 3 unspecified atom stereocenters. The van der Waals surface area contributed by atoms with E-state index in [4.69, 9.17) is 20.7 Å². The monoisotopic (exact) mass is 1130 g/mol. The van der Waals surface area contributed by atoms with Crippen molar-refractivity contribution in [2.75, 3.05) is 47.3 Å². The summed E-state index contributed by atoms with van der Waals surface area (Å²) < 4.78 is 0. The smallest absolute Gasteiger partial charge is 0.191 e. The van der Waals surface area contributed by atoms with Gasteiger partial charge in [0.25, 0.3) is 0 Å². The molecule has 8 heterocycles. The van der Waals surface area contributed by atoms with Crippen molar-refractivity contribution >= 4 is 35.3 Å². The van der Waals surface area contributed by atoms with Crippen molar-refractivity contribution in [2.45, 2.75) is 107 Å². The van der Waals surface area contributed by atoms with Crippen LogP contribution in [-0.4, -0.2) is 138 Å². The van der Waals surface area contributed by atoms with Gasteiger partial charge in [-0.15, -0.1) is 11.3 Å². The first-order valence-electron chi connectivity index (χ1n) is 29.5. The third-order valence-corrected chi connectivity index (χ3v) is 19.1. The van der Waals surface area contributed by atoms with Gasteiger partial charge in [-0.1, -0.05) is 78.9 Å². The van der Waals surface area contributed by atoms with Crippen molar-refractivity contribution in [3.63, 3.8) is 0 Å². The van der Waals surface area contributed by atoms with Crippen molar-refractivity contribution in [1.82, 2.24) is 49.9 Å². The zero-order valence-electron chi connectivity index (χ0n) is 48.8. The number of nitrogens with zero attached hydrogens (tertiary/aromatic N) is 13. The predicted octanol–water partition coefficient (Wildman–Crippen LogP) is 9.99. The lowest BCUT2D eigenvalue weighted by Crippen LogP contribution is -2.49. The van der Waals surface area contributed by atoms with Crippen LogP contribution in [0.1, 0.15) is 77.6 Å². The third-order valence-electron chi connectivity index (χ3n) is 18.5. The van der Waals surface area contributed by atoms with Crippen molar-refractivity contribution in [2.24, 2.45) is 25.7 Å². The predicted molar refractivity (Wildman–Crippen MR) is 339 cm³/mol. The first-order valence-corrected chi connectivity index (χ1v) is 30.4. The van der Waals surface area contributed by atoms with Crippen LogP contribution in [0.3, 0.4) is 0 Å². The molecule has 4 aromatic heterocycles. The van der Waals surface area contributed by atoms with Gasteiger partial charge in [0.05, 0.1) is 57.9 Å². The number of nitrogens with one attached hydrogen (secondary N) is 1. The maximum Gasteiger partial charge on any atom is 0.191 e. The number of benzene rings is 4. The molecule has 4 aliphatic heterocycles. The summed E-state index contributed by atoms with van der Waals surface area (Å²) >= 11 is 1.66. The fourth-order valence-corrected chi connectivity index (χ4v) is 15.1. The summed E-state index contributed by atoms with van der Waals surface area (Å²) in [6.07, 6.45) is 28.2. The summed E-state index contributed by atoms with van der Waals surface area (Å²) in [5, 5.41) is 5.75. The van der Waals surface area contributed by atoms with Gasteiger partial charge in [-0.2, -0.15) is 0 Å². The van der Waals surface area contributed by atoms with E-state index in [0.29, 0.717) is 5.96 Å². The Morgan fingerprint density at radius 1 is 0.536 bits per heavy atom. The van der Waals surface area contributed by atoms with E-state index in [2.05, 4.69) is 167 Å². The number of fused-ring (bicyclic) bond motifs is 4. The second kappa shape index (κ2) is 22.6. The fourth-order valence-electron chi connectivity index (χ4n) is 14.5. The van der Waals surface area contributed by atoms with Gasteiger partial charge in [0.15, 0.2) is 5.96 Å². The molecule has 4 atom stereocenters. The average Bonchev–Trinajstić information content (AvgIpc) is 4.41. The van der Waals surface area contributed by atoms with E-state index >= 15 is 0 Å². The van der Waals surface area contributed by atoms with Gasteiger partial charge in [-0.25, -0.2) is 29.9 Å². The SMILES string of the molecule is CC1=NC2(Cc3cccc(-c4cncnc4)c3C2)CN1C.CC1=NCC2(CCc3cccc(-c4cscn4)c3C2)N1.CN1C=NC2(CCc3cccc(-c4cncnc4)c3C2)C1.CN1C[C@@]2(CCc3c(cccc3-c3cccnc3)C2)N=C1N. The van der Waals surface area contributed by atoms with Crippen LogP contribution < -0.4 is 11.1 Å². The molecule has 0 saturated carbocycles. The van der Waals surface area contributed by atoms with E-state index in [1.807, 2.05) is 62.1 Å². The van der Waals surface area contributed by atoms with Gasteiger partial charge in [-0.05, 0) is 132 Å². The molecule has 4 aromatic carbocycles. The Hall–Kier alpha value is -8.50. The van der Waals surface area contributed by atoms with E-state index in [-0.39, 0.29) is 22.2 Å². The van der Waals surface area contributed by atoms with Crippen LogP contribution in [0.4, 0.5) is 0 Å². The summed E-state index contributed by atoms with van der Waals surface area (Å²) in [5.74, 6) is 2.90. The highest BCUT2D eigenvalue weighted by Gasteiger charge is 2.44. The number of aromatic nitrogens is 6. The average molecular weight is 1130 g/mol. The number of hydrogen-bond donors (Lipinski definition) is 2. The van der Waals surface area contributed by atoms with Crippen LogP contribution in [0, 0.1) is 0 Å². The first-order chi connectivity index (χ1) is 40.9. The van der Waals surface area contributed by atoms with Crippen molar-refractivity contribution in [1.29, 1.82) is 0 Å². The van der Waals surface area contributed by atoms with Crippen LogP contribution in [0.5, 0.6) is 0 Å². The Balaban J connectivity index is 0.000000105.